The maximum Gasteiger partial charge on any atom is 0.266 e. The van der Waals surface area contributed by atoms with Gasteiger partial charge in [-0.05, 0) is 35.1 Å². The van der Waals surface area contributed by atoms with Gasteiger partial charge in [0.1, 0.15) is 8.60 Å². The average Bonchev–Trinajstić information content (AvgIpc) is 2.00. The van der Waals surface area contributed by atoms with Gasteiger partial charge in [0.15, 0.2) is 0 Å². The lowest BCUT2D eigenvalue weighted by molar-refractivity contribution is 0.148. The van der Waals surface area contributed by atoms with Gasteiger partial charge in [-0.15, -0.1) is 0 Å². The Morgan fingerprint density at radius 1 is 1.53 bits per heavy atom. The molecule has 0 N–H and O–H groups in total. The van der Waals surface area contributed by atoms with E-state index in [0.717, 1.165) is 6.20 Å². The normalized spacial score (nSPS) is 12.1. The maximum absolute atomic E-state index is 12.6. The molecule has 0 fully saturated rings. The summed E-state index contributed by atoms with van der Waals surface area (Å²) in [6, 6.07) is 0. The van der Waals surface area contributed by atoms with E-state index in [1.807, 2.05) is 0 Å². The van der Waals surface area contributed by atoms with Gasteiger partial charge in [0.25, 0.3) is 15.5 Å². The molecule has 1 heterocycles. The Hall–Kier alpha value is -0.0200. The molecule has 0 aliphatic rings. The van der Waals surface area contributed by atoms with Crippen LogP contribution in [0, 0.1) is 10.6 Å². The molecule has 0 aromatic carbocycles. The van der Waals surface area contributed by atoms with Crippen molar-refractivity contribution in [1.82, 2.24) is 4.98 Å². The van der Waals surface area contributed by atoms with Crippen molar-refractivity contribution in [3.63, 3.8) is 0 Å². The van der Waals surface area contributed by atoms with Crippen LogP contribution in [0.25, 0.3) is 0 Å². The number of rotatable bonds is 2. The molecule has 0 amide bonds. The number of hydrogen-bond donors (Lipinski definition) is 0. The van der Waals surface area contributed by atoms with Crippen LogP contribution in [-0.2, 0) is 9.05 Å². The molecule has 0 atom stereocenters. The van der Waals surface area contributed by atoms with E-state index in [0.29, 0.717) is 0 Å². The van der Waals surface area contributed by atoms with Gasteiger partial charge in [-0.25, -0.2) is 22.2 Å². The Bertz CT molecular complexity index is 492. The fourth-order valence-electron chi connectivity index (χ4n) is 1.07. The summed E-state index contributed by atoms with van der Waals surface area (Å²) in [4.78, 5) is 3.20. The zero-order chi connectivity index (χ0) is 11.8. The van der Waals surface area contributed by atoms with Crippen LogP contribution in [0.1, 0.15) is 17.6 Å². The summed E-state index contributed by atoms with van der Waals surface area (Å²) in [7, 11) is 1.04. The van der Waals surface area contributed by atoms with E-state index < -0.39 is 21.0 Å². The first-order chi connectivity index (χ1) is 6.75. The Morgan fingerprint density at radius 2 is 2.07 bits per heavy atom. The molecular weight excluding hydrogens is 363 g/mol. The maximum atomic E-state index is 12.6. The second-order valence-electron chi connectivity index (χ2n) is 2.69. The van der Waals surface area contributed by atoms with Crippen molar-refractivity contribution < 1.29 is 17.2 Å². The summed E-state index contributed by atoms with van der Waals surface area (Å²) in [5.74, 6) is 0. The van der Waals surface area contributed by atoms with E-state index in [9.17, 15) is 17.2 Å². The van der Waals surface area contributed by atoms with Gasteiger partial charge in [-0.3, -0.25) is 0 Å². The average molecular weight is 368 g/mol. The van der Waals surface area contributed by atoms with E-state index in [1.54, 1.807) is 22.6 Å². The smallest absolute Gasteiger partial charge is 0.248 e. The Labute approximate surface area is 103 Å². The molecule has 0 aliphatic carbocycles. The zero-order valence-electron chi connectivity index (χ0n) is 7.34. The summed E-state index contributed by atoms with van der Waals surface area (Å²) in [5.41, 5.74) is -0.447. The Morgan fingerprint density at radius 3 is 2.47 bits per heavy atom. The molecule has 3 nitrogen and oxygen atoms in total. The minimum atomic E-state index is -4.03. The molecule has 0 saturated heterocycles. The third-order valence-corrected chi connectivity index (χ3v) is 4.07. The molecule has 84 valence electrons. The van der Waals surface area contributed by atoms with Crippen molar-refractivity contribution in [2.24, 2.45) is 0 Å². The first-order valence-corrected chi connectivity index (χ1v) is 7.01. The van der Waals surface area contributed by atoms with E-state index in [1.165, 1.54) is 6.92 Å². The summed E-state index contributed by atoms with van der Waals surface area (Å²) in [5, 5.41) is 0. The van der Waals surface area contributed by atoms with E-state index in [-0.39, 0.29) is 14.2 Å². The van der Waals surface area contributed by atoms with Crippen molar-refractivity contribution in [3.05, 3.63) is 21.0 Å². The van der Waals surface area contributed by atoms with E-state index in [2.05, 4.69) is 4.98 Å². The summed E-state index contributed by atoms with van der Waals surface area (Å²) in [6.45, 7) is 1.28. The molecule has 1 aromatic rings. The second kappa shape index (κ2) is 4.46. The molecule has 15 heavy (non-hydrogen) atoms. The van der Waals surface area contributed by atoms with Gasteiger partial charge < -0.3 is 0 Å². The number of nitrogens with zero attached hydrogens (tertiary/aromatic N) is 1. The minimum absolute atomic E-state index is 0.0561. The summed E-state index contributed by atoms with van der Waals surface area (Å²) < 4.78 is 47.3. The molecule has 0 bridgehead atoms. The fourth-order valence-corrected chi connectivity index (χ4v) is 2.97. The molecule has 0 saturated carbocycles. The predicted octanol–water partition coefficient (Wildman–Crippen LogP) is 2.86. The van der Waals surface area contributed by atoms with E-state index >= 15 is 0 Å². The standard InChI is InChI=1S/C7H5ClF2INO2S/c1-3-4(15(8,13)14)2-12-7(11)5(3)6(9)10/h2,6H,1H3. The van der Waals surface area contributed by atoms with Crippen LogP contribution in [0.2, 0.25) is 0 Å². The first-order valence-electron chi connectivity index (χ1n) is 3.63. The number of aromatic nitrogens is 1. The van der Waals surface area contributed by atoms with Crippen LogP contribution in [-0.4, -0.2) is 13.4 Å². The molecule has 0 aliphatic heterocycles. The van der Waals surface area contributed by atoms with Crippen LogP contribution in [0.15, 0.2) is 11.1 Å². The monoisotopic (exact) mass is 367 g/mol. The highest BCUT2D eigenvalue weighted by molar-refractivity contribution is 14.1. The lowest BCUT2D eigenvalue weighted by atomic mass is 10.2. The van der Waals surface area contributed by atoms with Crippen LogP contribution in [0.4, 0.5) is 8.78 Å². The number of hydrogen-bond acceptors (Lipinski definition) is 3. The van der Waals surface area contributed by atoms with Gasteiger partial charge >= 0.3 is 0 Å². The lowest BCUT2D eigenvalue weighted by Gasteiger charge is -2.09. The van der Waals surface area contributed by atoms with Crippen molar-refractivity contribution in [1.29, 1.82) is 0 Å². The van der Waals surface area contributed by atoms with Crippen molar-refractivity contribution in [2.45, 2.75) is 18.2 Å². The number of pyridine rings is 1. The molecule has 0 spiro atoms. The Kier molecular flexibility index (Phi) is 3.88. The molecule has 1 aromatic heterocycles. The SMILES string of the molecule is Cc1c(S(=O)(=O)Cl)cnc(I)c1C(F)F. The first kappa shape index (κ1) is 13.0. The van der Waals surface area contributed by atoms with Crippen LogP contribution < -0.4 is 0 Å². The lowest BCUT2D eigenvalue weighted by Crippen LogP contribution is -2.04. The van der Waals surface area contributed by atoms with Gasteiger partial charge in [0, 0.05) is 16.9 Å². The van der Waals surface area contributed by atoms with Gasteiger partial charge in [0.2, 0.25) is 0 Å². The Balaban J connectivity index is 3.56. The molecule has 8 heteroatoms. The molecule has 1 rings (SSSR count). The van der Waals surface area contributed by atoms with Crippen molar-refractivity contribution in [3.8, 4) is 0 Å². The number of alkyl halides is 2. The van der Waals surface area contributed by atoms with Crippen LogP contribution >= 0.6 is 33.3 Å². The molecule has 0 unspecified atom stereocenters. The van der Waals surface area contributed by atoms with Gasteiger partial charge in [0.05, 0.1) is 5.56 Å². The third kappa shape index (κ3) is 2.76. The van der Waals surface area contributed by atoms with Crippen LogP contribution in [0.5, 0.6) is 0 Å². The highest BCUT2D eigenvalue weighted by Crippen LogP contribution is 2.31. The fraction of sp³-hybridized carbons (Fsp3) is 0.286. The highest BCUT2D eigenvalue weighted by Gasteiger charge is 2.23. The minimum Gasteiger partial charge on any atom is -0.248 e. The number of halogens is 4. The van der Waals surface area contributed by atoms with Crippen LogP contribution in [0.3, 0.4) is 0 Å². The quantitative estimate of drug-likeness (QED) is 0.459. The summed E-state index contributed by atoms with van der Waals surface area (Å²) >= 11 is 1.62. The second-order valence-corrected chi connectivity index (χ2v) is 6.25. The summed E-state index contributed by atoms with van der Waals surface area (Å²) in [6.07, 6.45) is -1.80. The van der Waals surface area contributed by atoms with E-state index in [4.69, 9.17) is 10.7 Å². The molecular formula is C7H5ClF2INO2S. The van der Waals surface area contributed by atoms with Gasteiger partial charge in [-0.2, -0.15) is 0 Å². The largest absolute Gasteiger partial charge is 0.266 e. The molecule has 0 radical (unpaired) electrons. The van der Waals surface area contributed by atoms with Crippen molar-refractivity contribution >= 4 is 42.3 Å². The zero-order valence-corrected chi connectivity index (χ0v) is 11.1. The highest BCUT2D eigenvalue weighted by atomic mass is 127. The predicted molar refractivity (Wildman–Crippen MR) is 59.7 cm³/mol. The van der Waals surface area contributed by atoms with Crippen molar-refractivity contribution in [2.75, 3.05) is 0 Å². The van der Waals surface area contributed by atoms with Gasteiger partial charge in [-0.1, -0.05) is 0 Å². The third-order valence-electron chi connectivity index (χ3n) is 1.77. The topological polar surface area (TPSA) is 47.0 Å².